The third kappa shape index (κ3) is 6.46. The number of rotatable bonds is 8. The molecule has 36 heavy (non-hydrogen) atoms. The van der Waals surface area contributed by atoms with Gasteiger partial charge in [0.1, 0.15) is 17.2 Å². The third-order valence-corrected chi connectivity index (χ3v) is 5.59. The van der Waals surface area contributed by atoms with Crippen molar-refractivity contribution in [3.63, 3.8) is 0 Å². The number of hydrogen-bond acceptors (Lipinski definition) is 5. The Hall–Kier alpha value is -3.77. The molecule has 0 aliphatic rings. The molecule has 1 atom stereocenters. The summed E-state index contributed by atoms with van der Waals surface area (Å²) in [5, 5.41) is 10.6. The molecule has 3 aromatic carbocycles. The van der Waals surface area contributed by atoms with Crippen molar-refractivity contribution in [2.75, 3.05) is 0 Å². The molecule has 0 spiro atoms. The van der Waals surface area contributed by atoms with Crippen LogP contribution in [0.4, 0.5) is 4.39 Å². The molecule has 0 saturated heterocycles. The summed E-state index contributed by atoms with van der Waals surface area (Å²) < 4.78 is 25.8. The maximum Gasteiger partial charge on any atom is 0.338 e. The Kier molecular flexibility index (Phi) is 8.10. The standard InChI is InChI=1S/C30H31FO5/c1-18(2)28(32)35-24-14-11-21(12-15-24)25-16-13-23(17-26(25)31)20-7-9-22(10-8-20)27(30(5,6)34)36-29(33)19(3)4/h7-17,19,27,34H,1H2,2-6H3. The highest BCUT2D eigenvalue weighted by Crippen LogP contribution is 2.33. The first kappa shape index (κ1) is 26.8. The van der Waals surface area contributed by atoms with Gasteiger partial charge in [0.25, 0.3) is 0 Å². The maximum absolute atomic E-state index is 15.0. The maximum atomic E-state index is 15.0. The minimum absolute atomic E-state index is 0.293. The second-order valence-electron chi connectivity index (χ2n) is 9.64. The number of ether oxygens (including phenoxy) is 2. The highest BCUT2D eigenvalue weighted by atomic mass is 19.1. The minimum atomic E-state index is -1.28. The molecule has 0 radical (unpaired) electrons. The molecule has 3 aromatic rings. The van der Waals surface area contributed by atoms with E-state index in [4.69, 9.17) is 9.47 Å². The molecular weight excluding hydrogens is 459 g/mol. The molecule has 0 aliphatic heterocycles. The summed E-state index contributed by atoms with van der Waals surface area (Å²) in [7, 11) is 0. The van der Waals surface area contributed by atoms with Crippen molar-refractivity contribution < 1.29 is 28.6 Å². The first-order valence-corrected chi connectivity index (χ1v) is 11.7. The quantitative estimate of drug-likeness (QED) is 0.217. The summed E-state index contributed by atoms with van der Waals surface area (Å²) >= 11 is 0. The molecule has 0 saturated carbocycles. The van der Waals surface area contributed by atoms with E-state index in [9.17, 15) is 14.7 Å². The van der Waals surface area contributed by atoms with Crippen LogP contribution < -0.4 is 4.74 Å². The van der Waals surface area contributed by atoms with E-state index in [1.54, 1.807) is 89.2 Å². The molecule has 1 unspecified atom stereocenters. The Morgan fingerprint density at radius 2 is 1.47 bits per heavy atom. The Balaban J connectivity index is 1.81. The van der Waals surface area contributed by atoms with E-state index >= 15 is 4.39 Å². The van der Waals surface area contributed by atoms with Crippen LogP contribution >= 0.6 is 0 Å². The van der Waals surface area contributed by atoms with Crippen LogP contribution in [0.3, 0.4) is 0 Å². The van der Waals surface area contributed by atoms with Gasteiger partial charge >= 0.3 is 11.9 Å². The summed E-state index contributed by atoms with van der Waals surface area (Å²) in [4.78, 5) is 23.8. The van der Waals surface area contributed by atoms with Crippen molar-refractivity contribution in [3.8, 4) is 28.0 Å². The number of carbonyl (C=O) groups is 2. The topological polar surface area (TPSA) is 72.8 Å². The van der Waals surface area contributed by atoms with Gasteiger partial charge in [0.15, 0.2) is 6.10 Å². The van der Waals surface area contributed by atoms with Crippen LogP contribution in [0, 0.1) is 11.7 Å². The van der Waals surface area contributed by atoms with Crippen LogP contribution in [0.2, 0.25) is 0 Å². The summed E-state index contributed by atoms with van der Waals surface area (Å²) in [5.74, 6) is -1.28. The van der Waals surface area contributed by atoms with Crippen LogP contribution in [-0.4, -0.2) is 22.6 Å². The minimum Gasteiger partial charge on any atom is -0.454 e. The number of halogens is 1. The highest BCUT2D eigenvalue weighted by molar-refractivity contribution is 5.88. The Labute approximate surface area is 211 Å². The number of aliphatic hydroxyl groups is 1. The zero-order chi connectivity index (χ0) is 26.6. The first-order valence-electron chi connectivity index (χ1n) is 11.7. The van der Waals surface area contributed by atoms with Gasteiger partial charge in [0.05, 0.1) is 5.92 Å². The first-order chi connectivity index (χ1) is 16.9. The van der Waals surface area contributed by atoms with Crippen LogP contribution in [0.15, 0.2) is 78.9 Å². The number of carbonyl (C=O) groups excluding carboxylic acids is 2. The molecule has 0 fully saturated rings. The predicted molar refractivity (Wildman–Crippen MR) is 138 cm³/mol. The summed E-state index contributed by atoms with van der Waals surface area (Å²) in [6, 6.07) is 18.7. The fourth-order valence-electron chi connectivity index (χ4n) is 3.55. The lowest BCUT2D eigenvalue weighted by Crippen LogP contribution is -2.33. The fourth-order valence-corrected chi connectivity index (χ4v) is 3.55. The van der Waals surface area contributed by atoms with E-state index in [0.717, 1.165) is 5.56 Å². The number of hydrogen-bond donors (Lipinski definition) is 1. The van der Waals surface area contributed by atoms with Crippen LogP contribution in [0.25, 0.3) is 22.3 Å². The van der Waals surface area contributed by atoms with E-state index in [2.05, 4.69) is 6.58 Å². The molecule has 1 N–H and O–H groups in total. The van der Waals surface area contributed by atoms with Crippen molar-refractivity contribution in [3.05, 3.63) is 90.3 Å². The lowest BCUT2D eigenvalue weighted by atomic mass is 9.92. The predicted octanol–water partition coefficient (Wildman–Crippen LogP) is 6.65. The largest absolute Gasteiger partial charge is 0.454 e. The van der Waals surface area contributed by atoms with Gasteiger partial charge in [-0.3, -0.25) is 4.79 Å². The molecule has 6 heteroatoms. The van der Waals surface area contributed by atoms with Crippen molar-refractivity contribution in [1.82, 2.24) is 0 Å². The zero-order valence-corrected chi connectivity index (χ0v) is 21.2. The molecule has 0 aliphatic carbocycles. The molecular formula is C30H31FO5. The van der Waals surface area contributed by atoms with E-state index < -0.39 is 29.5 Å². The molecule has 0 heterocycles. The Morgan fingerprint density at radius 1 is 0.917 bits per heavy atom. The highest BCUT2D eigenvalue weighted by Gasteiger charge is 2.32. The van der Waals surface area contributed by atoms with Gasteiger partial charge in [0, 0.05) is 11.1 Å². The second kappa shape index (κ2) is 10.9. The normalized spacial score (nSPS) is 12.2. The van der Waals surface area contributed by atoms with Crippen molar-refractivity contribution in [2.45, 2.75) is 46.3 Å². The zero-order valence-electron chi connectivity index (χ0n) is 21.2. The fraction of sp³-hybridized carbons (Fsp3) is 0.267. The van der Waals surface area contributed by atoms with E-state index in [1.807, 2.05) is 6.07 Å². The van der Waals surface area contributed by atoms with Gasteiger partial charge in [0.2, 0.25) is 0 Å². The summed E-state index contributed by atoms with van der Waals surface area (Å²) in [5.41, 5.74) is 2.16. The van der Waals surface area contributed by atoms with Gasteiger partial charge in [-0.2, -0.15) is 0 Å². The van der Waals surface area contributed by atoms with Gasteiger partial charge in [-0.15, -0.1) is 0 Å². The smallest absolute Gasteiger partial charge is 0.338 e. The SMILES string of the molecule is C=C(C)C(=O)Oc1ccc(-c2ccc(-c3ccc(C(OC(=O)C(C)C)C(C)(C)O)cc3)cc2F)cc1. The molecule has 0 bridgehead atoms. The van der Waals surface area contributed by atoms with E-state index in [0.29, 0.717) is 33.6 Å². The average molecular weight is 491 g/mol. The van der Waals surface area contributed by atoms with Crippen LogP contribution in [-0.2, 0) is 14.3 Å². The lowest BCUT2D eigenvalue weighted by Gasteiger charge is -2.30. The molecule has 188 valence electrons. The average Bonchev–Trinajstić information content (AvgIpc) is 2.82. The number of esters is 2. The van der Waals surface area contributed by atoms with Gasteiger partial charge in [-0.25, -0.2) is 9.18 Å². The van der Waals surface area contributed by atoms with Crippen LogP contribution in [0.5, 0.6) is 5.75 Å². The Morgan fingerprint density at radius 3 is 1.97 bits per heavy atom. The van der Waals surface area contributed by atoms with Crippen molar-refractivity contribution in [1.29, 1.82) is 0 Å². The molecule has 0 amide bonds. The molecule has 3 rings (SSSR count). The van der Waals surface area contributed by atoms with Crippen molar-refractivity contribution >= 4 is 11.9 Å². The Bertz CT molecular complexity index is 1250. The molecule has 5 nitrogen and oxygen atoms in total. The monoisotopic (exact) mass is 490 g/mol. The van der Waals surface area contributed by atoms with Gasteiger partial charge in [-0.1, -0.05) is 69.0 Å². The lowest BCUT2D eigenvalue weighted by molar-refractivity contribution is -0.166. The van der Waals surface area contributed by atoms with E-state index in [1.165, 1.54) is 6.07 Å². The summed E-state index contributed by atoms with van der Waals surface area (Å²) in [6.07, 6.45) is -0.835. The van der Waals surface area contributed by atoms with E-state index in [-0.39, 0.29) is 5.92 Å². The van der Waals surface area contributed by atoms with Gasteiger partial charge in [-0.05, 0) is 61.2 Å². The van der Waals surface area contributed by atoms with Crippen LogP contribution in [0.1, 0.15) is 46.3 Å². The van der Waals surface area contributed by atoms with Gasteiger partial charge < -0.3 is 14.6 Å². The molecule has 0 aromatic heterocycles. The second-order valence-corrected chi connectivity index (χ2v) is 9.64. The number of benzene rings is 3. The summed E-state index contributed by atoms with van der Waals surface area (Å²) in [6.45, 7) is 11.8. The van der Waals surface area contributed by atoms with Crippen molar-refractivity contribution in [2.24, 2.45) is 5.92 Å². The third-order valence-electron chi connectivity index (χ3n) is 5.59.